The van der Waals surface area contributed by atoms with Crippen molar-refractivity contribution in [2.75, 3.05) is 0 Å². The van der Waals surface area contributed by atoms with Gasteiger partial charge in [0.25, 0.3) is 0 Å². The van der Waals surface area contributed by atoms with E-state index < -0.39 is 5.82 Å². The maximum Gasteiger partial charge on any atom is 0.223 e. The smallest absolute Gasteiger partial charge is 0.223 e. The Bertz CT molecular complexity index is 511. The van der Waals surface area contributed by atoms with Gasteiger partial charge in [-0.15, -0.1) is 0 Å². The molecule has 2 aromatic rings. The van der Waals surface area contributed by atoms with Crippen LogP contribution in [-0.4, -0.2) is 9.97 Å². The van der Waals surface area contributed by atoms with Crippen LogP contribution >= 0.6 is 11.6 Å². The summed E-state index contributed by atoms with van der Waals surface area (Å²) in [7, 11) is 0. The van der Waals surface area contributed by atoms with Crippen molar-refractivity contribution in [3.8, 4) is 11.3 Å². The first-order valence-electron chi connectivity index (χ1n) is 5.48. The fourth-order valence-electron chi connectivity index (χ4n) is 1.67. The third-order valence-electron chi connectivity index (χ3n) is 2.48. The highest BCUT2D eigenvalue weighted by atomic mass is 35.5. The van der Waals surface area contributed by atoms with Crippen LogP contribution < -0.4 is 0 Å². The summed E-state index contributed by atoms with van der Waals surface area (Å²) in [5.41, 5.74) is 2.19. The molecule has 4 heteroatoms. The zero-order valence-electron chi connectivity index (χ0n) is 9.45. The summed E-state index contributed by atoms with van der Waals surface area (Å²) in [6.45, 7) is 2.12. The molecule has 0 aliphatic carbocycles. The Kier molecular flexibility index (Phi) is 3.69. The molecule has 2 rings (SSSR count). The second kappa shape index (κ2) is 5.23. The van der Waals surface area contributed by atoms with Crippen LogP contribution in [0.4, 0.5) is 4.39 Å². The van der Waals surface area contributed by atoms with Crippen LogP contribution in [0.25, 0.3) is 11.3 Å². The van der Waals surface area contributed by atoms with Crippen molar-refractivity contribution >= 4 is 11.6 Å². The number of halogens is 2. The molecule has 0 radical (unpaired) electrons. The predicted molar refractivity (Wildman–Crippen MR) is 66.4 cm³/mol. The second-order valence-corrected chi connectivity index (χ2v) is 4.12. The van der Waals surface area contributed by atoms with Gasteiger partial charge in [-0.25, -0.2) is 14.4 Å². The first kappa shape index (κ1) is 12.0. The average molecular weight is 251 g/mol. The van der Waals surface area contributed by atoms with E-state index in [2.05, 4.69) is 16.9 Å². The minimum atomic E-state index is -0.461. The van der Waals surface area contributed by atoms with Gasteiger partial charge in [-0.05, 0) is 23.6 Å². The molecule has 2 nitrogen and oxygen atoms in total. The number of aromatic nitrogens is 2. The Morgan fingerprint density at radius 2 is 1.94 bits per heavy atom. The molecular weight excluding hydrogens is 239 g/mol. The highest BCUT2D eigenvalue weighted by Crippen LogP contribution is 2.21. The van der Waals surface area contributed by atoms with E-state index in [1.807, 2.05) is 24.3 Å². The topological polar surface area (TPSA) is 25.8 Å². The summed E-state index contributed by atoms with van der Waals surface area (Å²) in [5.74, 6) is -0.461. The van der Waals surface area contributed by atoms with Crippen molar-refractivity contribution in [3.63, 3.8) is 0 Å². The molecule has 0 spiro atoms. The van der Waals surface area contributed by atoms with Crippen molar-refractivity contribution in [3.05, 3.63) is 47.1 Å². The van der Waals surface area contributed by atoms with Gasteiger partial charge in [0, 0.05) is 5.56 Å². The molecule has 1 heterocycles. The molecule has 88 valence electrons. The first-order valence-corrected chi connectivity index (χ1v) is 5.86. The monoisotopic (exact) mass is 250 g/mol. The van der Waals surface area contributed by atoms with E-state index >= 15 is 0 Å². The Labute approximate surface area is 104 Å². The lowest BCUT2D eigenvalue weighted by molar-refractivity contribution is 0.618. The first-order chi connectivity index (χ1) is 8.20. The Hall–Kier alpha value is -1.48. The Morgan fingerprint density at radius 1 is 1.24 bits per heavy atom. The van der Waals surface area contributed by atoms with Crippen molar-refractivity contribution in [2.24, 2.45) is 0 Å². The van der Waals surface area contributed by atoms with E-state index in [4.69, 9.17) is 11.6 Å². The van der Waals surface area contributed by atoms with E-state index in [9.17, 15) is 4.39 Å². The van der Waals surface area contributed by atoms with Gasteiger partial charge in [0.2, 0.25) is 5.28 Å². The van der Waals surface area contributed by atoms with Crippen LogP contribution in [0.3, 0.4) is 0 Å². The van der Waals surface area contributed by atoms with Crippen LogP contribution in [0.1, 0.15) is 18.9 Å². The van der Waals surface area contributed by atoms with Crippen molar-refractivity contribution in [2.45, 2.75) is 19.8 Å². The average Bonchev–Trinajstić information content (AvgIpc) is 2.34. The maximum absolute atomic E-state index is 13.5. The molecule has 0 amide bonds. The summed E-state index contributed by atoms with van der Waals surface area (Å²) in [6.07, 6.45) is 3.20. The molecular formula is C13H12ClFN2. The third kappa shape index (κ3) is 2.80. The zero-order valence-corrected chi connectivity index (χ0v) is 10.2. The van der Waals surface area contributed by atoms with Crippen LogP contribution in [0.5, 0.6) is 0 Å². The number of nitrogens with zero attached hydrogens (tertiary/aromatic N) is 2. The minimum Gasteiger partial charge on any atom is -0.223 e. The highest BCUT2D eigenvalue weighted by Gasteiger charge is 2.08. The van der Waals surface area contributed by atoms with E-state index in [-0.39, 0.29) is 11.0 Å². The number of aryl methyl sites for hydroxylation is 1. The minimum absolute atomic E-state index is 0.0547. The molecule has 0 saturated carbocycles. The summed E-state index contributed by atoms with van der Waals surface area (Å²) >= 11 is 5.66. The summed E-state index contributed by atoms with van der Waals surface area (Å²) in [4.78, 5) is 7.49. The van der Waals surface area contributed by atoms with E-state index in [1.54, 1.807) is 0 Å². The normalized spacial score (nSPS) is 10.5. The summed E-state index contributed by atoms with van der Waals surface area (Å²) < 4.78 is 13.5. The SMILES string of the molecule is CCCc1ccc(-c2nc(Cl)ncc2F)cc1. The van der Waals surface area contributed by atoms with Gasteiger partial charge in [-0.3, -0.25) is 0 Å². The molecule has 0 aliphatic heterocycles. The maximum atomic E-state index is 13.5. The van der Waals surface area contributed by atoms with Crippen LogP contribution in [0, 0.1) is 5.82 Å². The molecule has 17 heavy (non-hydrogen) atoms. The molecule has 0 bridgehead atoms. The zero-order chi connectivity index (χ0) is 12.3. The van der Waals surface area contributed by atoms with E-state index in [0.29, 0.717) is 5.56 Å². The standard InChI is InChI=1S/C13H12ClFN2/c1-2-3-9-4-6-10(7-5-9)12-11(15)8-16-13(14)17-12/h4-8H,2-3H2,1H3. The molecule has 0 N–H and O–H groups in total. The lowest BCUT2D eigenvalue weighted by Crippen LogP contribution is -1.93. The molecule has 0 atom stereocenters. The lowest BCUT2D eigenvalue weighted by atomic mass is 10.1. The molecule has 0 unspecified atom stereocenters. The van der Waals surface area contributed by atoms with Gasteiger partial charge in [0.15, 0.2) is 5.82 Å². The van der Waals surface area contributed by atoms with E-state index in [0.717, 1.165) is 19.0 Å². The van der Waals surface area contributed by atoms with Crippen LogP contribution in [0.15, 0.2) is 30.5 Å². The largest absolute Gasteiger partial charge is 0.223 e. The van der Waals surface area contributed by atoms with Crippen LogP contribution in [-0.2, 0) is 6.42 Å². The quantitative estimate of drug-likeness (QED) is 0.773. The second-order valence-electron chi connectivity index (χ2n) is 3.78. The number of benzene rings is 1. The summed E-state index contributed by atoms with van der Waals surface area (Å²) in [5, 5.41) is 0.0547. The van der Waals surface area contributed by atoms with E-state index in [1.165, 1.54) is 5.56 Å². The van der Waals surface area contributed by atoms with Gasteiger partial charge >= 0.3 is 0 Å². The van der Waals surface area contributed by atoms with Gasteiger partial charge < -0.3 is 0 Å². The summed E-state index contributed by atoms with van der Waals surface area (Å²) in [6, 6.07) is 7.67. The van der Waals surface area contributed by atoms with Gasteiger partial charge in [0.05, 0.1) is 6.20 Å². The fraction of sp³-hybridized carbons (Fsp3) is 0.231. The van der Waals surface area contributed by atoms with Gasteiger partial charge in [0.1, 0.15) is 5.69 Å². The number of hydrogen-bond acceptors (Lipinski definition) is 2. The molecule has 0 saturated heterocycles. The van der Waals surface area contributed by atoms with Gasteiger partial charge in [-0.1, -0.05) is 37.6 Å². The Morgan fingerprint density at radius 3 is 2.59 bits per heavy atom. The van der Waals surface area contributed by atoms with Crippen molar-refractivity contribution in [1.82, 2.24) is 9.97 Å². The number of rotatable bonds is 3. The molecule has 0 fully saturated rings. The Balaban J connectivity index is 2.36. The molecule has 0 aliphatic rings. The van der Waals surface area contributed by atoms with Gasteiger partial charge in [-0.2, -0.15) is 0 Å². The van der Waals surface area contributed by atoms with Crippen molar-refractivity contribution in [1.29, 1.82) is 0 Å². The van der Waals surface area contributed by atoms with Crippen molar-refractivity contribution < 1.29 is 4.39 Å². The van der Waals surface area contributed by atoms with Crippen LogP contribution in [0.2, 0.25) is 5.28 Å². The number of hydrogen-bond donors (Lipinski definition) is 0. The lowest BCUT2D eigenvalue weighted by Gasteiger charge is -2.04. The molecule has 1 aromatic heterocycles. The predicted octanol–water partition coefficient (Wildman–Crippen LogP) is 3.89. The fourth-order valence-corrected chi connectivity index (χ4v) is 1.80. The third-order valence-corrected chi connectivity index (χ3v) is 2.66. The molecule has 1 aromatic carbocycles. The highest BCUT2D eigenvalue weighted by molar-refractivity contribution is 6.28.